The smallest absolute Gasteiger partial charge is 0.239 e. The molecule has 0 spiro atoms. The molecule has 1 aromatic rings. The highest BCUT2D eigenvalue weighted by atomic mass is 32.2. The lowest BCUT2D eigenvalue weighted by molar-refractivity contribution is -0.147. The van der Waals surface area contributed by atoms with Crippen LogP contribution < -0.4 is 15.8 Å². The predicted molar refractivity (Wildman–Crippen MR) is 103 cm³/mol. The molecule has 4 aliphatic rings. The zero-order valence-corrected chi connectivity index (χ0v) is 16.6. The number of nitrogens with two attached hydrogens (primary N) is 1. The molecule has 4 saturated carbocycles. The molecule has 0 aromatic heterocycles. The van der Waals surface area contributed by atoms with Crippen LogP contribution in [0.15, 0.2) is 29.2 Å². The summed E-state index contributed by atoms with van der Waals surface area (Å²) in [5.74, 6) is 1.84. The van der Waals surface area contributed by atoms with E-state index in [9.17, 15) is 18.0 Å². The van der Waals surface area contributed by atoms with Crippen molar-refractivity contribution in [3.8, 4) is 0 Å². The number of benzene rings is 1. The van der Waals surface area contributed by atoms with Crippen LogP contribution in [0.1, 0.15) is 44.1 Å². The molecule has 2 amide bonds. The number of carbonyl (C=O) groups is 2. The molecule has 28 heavy (non-hydrogen) atoms. The molecule has 7 nitrogen and oxygen atoms in total. The second-order valence-electron chi connectivity index (χ2n) is 8.85. The van der Waals surface area contributed by atoms with Gasteiger partial charge in [-0.3, -0.25) is 9.59 Å². The Bertz CT molecular complexity index is 844. The summed E-state index contributed by atoms with van der Waals surface area (Å²) < 4.78 is 22.5. The molecular formula is C20H27N3O4S. The van der Waals surface area contributed by atoms with Crippen molar-refractivity contribution in [1.82, 2.24) is 10.6 Å². The SMILES string of the molecule is NS(=O)(=O)c1ccc(CNC(=O)CNC(=O)C23CC4CC(CC(C4)C2)C3)cc1. The average Bonchev–Trinajstić information content (AvgIpc) is 2.63. The second kappa shape index (κ2) is 7.15. The Balaban J connectivity index is 1.26. The first-order chi connectivity index (χ1) is 13.2. The molecule has 8 heteroatoms. The van der Waals surface area contributed by atoms with E-state index in [0.717, 1.165) is 24.8 Å². The van der Waals surface area contributed by atoms with Crippen LogP contribution in [0.4, 0.5) is 0 Å². The van der Waals surface area contributed by atoms with E-state index < -0.39 is 10.0 Å². The minimum atomic E-state index is -3.72. The van der Waals surface area contributed by atoms with Gasteiger partial charge in [0.05, 0.1) is 11.4 Å². The maximum Gasteiger partial charge on any atom is 0.239 e. The van der Waals surface area contributed by atoms with Crippen molar-refractivity contribution < 1.29 is 18.0 Å². The third-order valence-corrected chi connectivity index (χ3v) is 7.60. The highest BCUT2D eigenvalue weighted by Crippen LogP contribution is 2.60. The Labute approximate surface area is 165 Å². The van der Waals surface area contributed by atoms with Gasteiger partial charge in [-0.2, -0.15) is 0 Å². The number of primary sulfonamides is 1. The van der Waals surface area contributed by atoms with Crippen molar-refractivity contribution in [3.63, 3.8) is 0 Å². The molecule has 1 aromatic carbocycles. The van der Waals surface area contributed by atoms with Crippen LogP contribution in [0.25, 0.3) is 0 Å². The highest BCUT2D eigenvalue weighted by molar-refractivity contribution is 7.89. The summed E-state index contributed by atoms with van der Waals surface area (Å²) in [6, 6.07) is 6.03. The lowest BCUT2D eigenvalue weighted by Crippen LogP contribution is -2.54. The van der Waals surface area contributed by atoms with Crippen LogP contribution in [-0.2, 0) is 26.2 Å². The molecule has 0 heterocycles. The fourth-order valence-corrected chi connectivity index (χ4v) is 6.31. The largest absolute Gasteiger partial charge is 0.350 e. The van der Waals surface area contributed by atoms with Gasteiger partial charge in [0.25, 0.3) is 0 Å². The van der Waals surface area contributed by atoms with E-state index in [1.807, 2.05) is 0 Å². The number of amides is 2. The third kappa shape index (κ3) is 3.93. The Morgan fingerprint density at radius 3 is 2.00 bits per heavy atom. The van der Waals surface area contributed by atoms with Gasteiger partial charge in [-0.1, -0.05) is 12.1 Å². The number of rotatable bonds is 6. The topological polar surface area (TPSA) is 118 Å². The van der Waals surface area contributed by atoms with Crippen LogP contribution in [0.5, 0.6) is 0 Å². The van der Waals surface area contributed by atoms with Gasteiger partial charge in [-0.15, -0.1) is 0 Å². The van der Waals surface area contributed by atoms with Gasteiger partial charge < -0.3 is 10.6 Å². The number of sulfonamides is 1. The molecule has 152 valence electrons. The lowest BCUT2D eigenvalue weighted by Gasteiger charge is -2.55. The zero-order valence-electron chi connectivity index (χ0n) is 15.8. The minimum Gasteiger partial charge on any atom is -0.350 e. The van der Waals surface area contributed by atoms with Gasteiger partial charge in [0, 0.05) is 12.0 Å². The molecule has 0 radical (unpaired) electrons. The van der Waals surface area contributed by atoms with E-state index in [0.29, 0.717) is 17.8 Å². The highest BCUT2D eigenvalue weighted by Gasteiger charge is 2.54. The van der Waals surface area contributed by atoms with Crippen molar-refractivity contribution in [1.29, 1.82) is 0 Å². The first-order valence-corrected chi connectivity index (χ1v) is 11.4. The van der Waals surface area contributed by atoms with Gasteiger partial charge in [0.1, 0.15) is 0 Å². The van der Waals surface area contributed by atoms with Crippen molar-refractivity contribution in [2.75, 3.05) is 6.54 Å². The van der Waals surface area contributed by atoms with Crippen LogP contribution in [0.2, 0.25) is 0 Å². The normalized spacial score (nSPS) is 30.8. The predicted octanol–water partition coefficient (Wildman–Crippen LogP) is 1.28. The molecule has 4 N–H and O–H groups in total. The fraction of sp³-hybridized carbons (Fsp3) is 0.600. The molecule has 5 rings (SSSR count). The fourth-order valence-electron chi connectivity index (χ4n) is 5.80. The summed E-state index contributed by atoms with van der Waals surface area (Å²) in [5, 5.41) is 10.7. The molecule has 0 atom stereocenters. The van der Waals surface area contributed by atoms with Crippen LogP contribution in [0.3, 0.4) is 0 Å². The van der Waals surface area contributed by atoms with Gasteiger partial charge in [0.2, 0.25) is 21.8 Å². The molecule has 0 unspecified atom stereocenters. The molecule has 0 saturated heterocycles. The van der Waals surface area contributed by atoms with E-state index in [4.69, 9.17) is 5.14 Å². The Hall–Kier alpha value is -1.93. The molecule has 0 aliphatic heterocycles. The molecule has 4 fully saturated rings. The maximum absolute atomic E-state index is 12.8. The number of hydrogen-bond donors (Lipinski definition) is 3. The van der Waals surface area contributed by atoms with Gasteiger partial charge >= 0.3 is 0 Å². The number of hydrogen-bond acceptors (Lipinski definition) is 4. The summed E-state index contributed by atoms with van der Waals surface area (Å²) in [5.41, 5.74) is 0.506. The van der Waals surface area contributed by atoms with Crippen molar-refractivity contribution in [2.24, 2.45) is 28.3 Å². The molecular weight excluding hydrogens is 378 g/mol. The lowest BCUT2D eigenvalue weighted by atomic mass is 9.49. The summed E-state index contributed by atoms with van der Waals surface area (Å²) in [6.07, 6.45) is 6.75. The molecule has 4 bridgehead atoms. The Morgan fingerprint density at radius 2 is 1.50 bits per heavy atom. The van der Waals surface area contributed by atoms with Crippen LogP contribution in [0, 0.1) is 23.2 Å². The Kier molecular flexibility index (Phi) is 4.95. The van der Waals surface area contributed by atoms with Gasteiger partial charge in [-0.25, -0.2) is 13.6 Å². The molecule has 4 aliphatic carbocycles. The van der Waals surface area contributed by atoms with Crippen LogP contribution >= 0.6 is 0 Å². The quantitative estimate of drug-likeness (QED) is 0.661. The van der Waals surface area contributed by atoms with E-state index in [1.54, 1.807) is 12.1 Å². The maximum atomic E-state index is 12.8. The summed E-state index contributed by atoms with van der Waals surface area (Å²) in [4.78, 5) is 25.0. The van der Waals surface area contributed by atoms with E-state index in [1.165, 1.54) is 31.4 Å². The van der Waals surface area contributed by atoms with Crippen molar-refractivity contribution in [3.05, 3.63) is 29.8 Å². The first-order valence-electron chi connectivity index (χ1n) is 9.90. The summed E-state index contributed by atoms with van der Waals surface area (Å²) >= 11 is 0. The summed E-state index contributed by atoms with van der Waals surface area (Å²) in [7, 11) is -3.72. The standard InChI is InChI=1S/C20H27N3O4S/c21-28(26,27)17-3-1-13(2-4-17)11-22-18(24)12-23-19(25)20-8-14-5-15(9-20)7-16(6-14)10-20/h1-4,14-16H,5-12H2,(H,22,24)(H,23,25)(H2,21,26,27). The van der Waals surface area contributed by atoms with Crippen molar-refractivity contribution >= 4 is 21.8 Å². The first kappa shape index (κ1) is 19.4. The zero-order chi connectivity index (χ0) is 19.9. The van der Waals surface area contributed by atoms with E-state index in [2.05, 4.69) is 10.6 Å². The monoisotopic (exact) mass is 405 g/mol. The minimum absolute atomic E-state index is 0.0319. The number of carbonyl (C=O) groups excluding carboxylic acids is 2. The van der Waals surface area contributed by atoms with E-state index in [-0.39, 0.29) is 35.2 Å². The van der Waals surface area contributed by atoms with Gasteiger partial charge in [0.15, 0.2) is 0 Å². The van der Waals surface area contributed by atoms with Crippen molar-refractivity contribution in [2.45, 2.75) is 50.0 Å². The van der Waals surface area contributed by atoms with Crippen LogP contribution in [-0.4, -0.2) is 26.8 Å². The Morgan fingerprint density at radius 1 is 0.964 bits per heavy atom. The number of nitrogens with one attached hydrogen (secondary N) is 2. The van der Waals surface area contributed by atoms with Gasteiger partial charge in [-0.05, 0) is 74.0 Å². The summed E-state index contributed by atoms with van der Waals surface area (Å²) in [6.45, 7) is 0.229. The van der Waals surface area contributed by atoms with E-state index >= 15 is 0 Å². The third-order valence-electron chi connectivity index (χ3n) is 6.67. The average molecular weight is 406 g/mol. The second-order valence-corrected chi connectivity index (χ2v) is 10.4.